The Morgan fingerprint density at radius 1 is 0.455 bits per heavy atom. The molecule has 1 aromatic heterocycles. The van der Waals surface area contributed by atoms with Crippen molar-refractivity contribution in [2.45, 2.75) is 5.41 Å². The molecule has 1 aliphatic carbocycles. The van der Waals surface area contributed by atoms with E-state index >= 15 is 0 Å². The first-order valence-electron chi connectivity index (χ1n) is 11.5. The van der Waals surface area contributed by atoms with Crippen LogP contribution in [-0.2, 0) is 5.41 Å². The Hall–Kier alpha value is -4.23. The molecule has 1 heteroatoms. The number of aromatic nitrogens is 1. The van der Waals surface area contributed by atoms with Crippen LogP contribution < -0.4 is 0 Å². The van der Waals surface area contributed by atoms with Gasteiger partial charge in [-0.05, 0) is 71.9 Å². The van der Waals surface area contributed by atoms with Crippen LogP contribution in [0.25, 0.3) is 43.1 Å². The Bertz CT molecular complexity index is 1810. The van der Waals surface area contributed by atoms with Gasteiger partial charge in [0.05, 0.1) is 11.1 Å². The third kappa shape index (κ3) is 1.93. The van der Waals surface area contributed by atoms with Crippen molar-refractivity contribution in [3.05, 3.63) is 138 Å². The second-order valence-corrected chi connectivity index (χ2v) is 9.11. The first-order chi connectivity index (χ1) is 16.4. The van der Waals surface area contributed by atoms with Gasteiger partial charge in [0.15, 0.2) is 0 Å². The van der Waals surface area contributed by atoms with E-state index in [0.717, 1.165) is 5.69 Å². The number of fused-ring (bicyclic) bond motifs is 1. The smallest absolute Gasteiger partial charge is 0.0886 e. The largest absolute Gasteiger partial charge is 0.260 e. The average molecular weight is 418 g/mol. The van der Waals surface area contributed by atoms with Gasteiger partial charge in [0.25, 0.3) is 0 Å². The van der Waals surface area contributed by atoms with Gasteiger partial charge in [0.1, 0.15) is 0 Å². The van der Waals surface area contributed by atoms with Gasteiger partial charge in [-0.15, -0.1) is 0 Å². The second-order valence-electron chi connectivity index (χ2n) is 9.11. The van der Waals surface area contributed by atoms with E-state index in [2.05, 4.69) is 103 Å². The molecular formula is C32H19N. The highest BCUT2D eigenvalue weighted by molar-refractivity contribution is 6.36. The van der Waals surface area contributed by atoms with Crippen LogP contribution in [0.2, 0.25) is 0 Å². The van der Waals surface area contributed by atoms with Gasteiger partial charge in [0.2, 0.25) is 0 Å². The summed E-state index contributed by atoms with van der Waals surface area (Å²) in [6.45, 7) is 0. The van der Waals surface area contributed by atoms with Crippen molar-refractivity contribution in [2.24, 2.45) is 0 Å². The zero-order chi connectivity index (χ0) is 21.6. The van der Waals surface area contributed by atoms with Crippen LogP contribution >= 0.6 is 0 Å². The number of hydrogen-bond donors (Lipinski definition) is 0. The van der Waals surface area contributed by atoms with Crippen molar-refractivity contribution in [1.82, 2.24) is 4.98 Å². The zero-order valence-corrected chi connectivity index (χ0v) is 17.9. The highest BCUT2D eigenvalue weighted by Gasteiger charge is 2.46. The highest BCUT2D eigenvalue weighted by Crippen LogP contribution is 2.57. The number of nitrogens with zero attached hydrogens (tertiary/aromatic N) is 1. The van der Waals surface area contributed by atoms with Crippen LogP contribution in [0.3, 0.4) is 0 Å². The van der Waals surface area contributed by atoms with Crippen LogP contribution in [-0.4, -0.2) is 4.98 Å². The summed E-state index contributed by atoms with van der Waals surface area (Å²) < 4.78 is 0. The molecular weight excluding hydrogens is 398 g/mol. The van der Waals surface area contributed by atoms with E-state index in [9.17, 15) is 0 Å². The summed E-state index contributed by atoms with van der Waals surface area (Å²) in [5.41, 5.74) is 4.56. The highest BCUT2D eigenvalue weighted by atomic mass is 14.7. The summed E-state index contributed by atoms with van der Waals surface area (Å²) in [5.74, 6) is 0. The molecule has 0 saturated carbocycles. The monoisotopic (exact) mass is 417 g/mol. The fourth-order valence-corrected chi connectivity index (χ4v) is 6.50. The van der Waals surface area contributed by atoms with E-state index in [0.29, 0.717) is 0 Å². The molecule has 1 unspecified atom stereocenters. The van der Waals surface area contributed by atoms with E-state index in [-0.39, 0.29) is 0 Å². The average Bonchev–Trinajstić information content (AvgIpc) is 3.20. The van der Waals surface area contributed by atoms with E-state index < -0.39 is 5.41 Å². The van der Waals surface area contributed by atoms with Crippen molar-refractivity contribution >= 4 is 43.1 Å². The fraction of sp³-hybridized carbons (Fsp3) is 0.0312. The SMILES string of the molecule is c1ccc(C2(c3ccccn3)c3cccc4c5cccc6ccc7ccc2c(c34)c7c65)cc1. The molecule has 0 aliphatic heterocycles. The van der Waals surface area contributed by atoms with E-state index in [1.807, 2.05) is 12.3 Å². The summed E-state index contributed by atoms with van der Waals surface area (Å²) in [7, 11) is 0. The minimum atomic E-state index is -0.443. The quantitative estimate of drug-likeness (QED) is 0.206. The maximum Gasteiger partial charge on any atom is 0.0886 e. The van der Waals surface area contributed by atoms with Gasteiger partial charge >= 0.3 is 0 Å². The van der Waals surface area contributed by atoms with Crippen molar-refractivity contribution in [1.29, 1.82) is 0 Å². The first kappa shape index (κ1) is 17.3. The van der Waals surface area contributed by atoms with Crippen LogP contribution in [0.15, 0.2) is 115 Å². The van der Waals surface area contributed by atoms with Gasteiger partial charge in [-0.1, -0.05) is 97.1 Å². The maximum absolute atomic E-state index is 4.98. The minimum absolute atomic E-state index is 0.443. The molecule has 0 amide bonds. The van der Waals surface area contributed by atoms with E-state index in [1.165, 1.54) is 59.8 Å². The molecule has 1 heterocycles. The van der Waals surface area contributed by atoms with Crippen molar-refractivity contribution in [3.8, 4) is 0 Å². The van der Waals surface area contributed by atoms with Crippen LogP contribution in [0.4, 0.5) is 0 Å². The lowest BCUT2D eigenvalue weighted by atomic mass is 9.69. The molecule has 0 spiro atoms. The first-order valence-corrected chi connectivity index (χ1v) is 11.5. The summed E-state index contributed by atoms with van der Waals surface area (Å²) >= 11 is 0. The summed E-state index contributed by atoms with van der Waals surface area (Å²) in [4.78, 5) is 4.98. The number of rotatable bonds is 2. The Balaban J connectivity index is 1.72. The van der Waals surface area contributed by atoms with Gasteiger partial charge in [-0.3, -0.25) is 4.98 Å². The molecule has 152 valence electrons. The van der Waals surface area contributed by atoms with E-state index in [4.69, 9.17) is 4.98 Å². The second kappa shape index (κ2) is 5.96. The number of benzene rings is 6. The molecule has 1 aliphatic rings. The van der Waals surface area contributed by atoms with Gasteiger partial charge < -0.3 is 0 Å². The normalized spacial score (nSPS) is 17.2. The topological polar surface area (TPSA) is 12.9 Å². The van der Waals surface area contributed by atoms with Gasteiger partial charge in [-0.2, -0.15) is 0 Å². The molecule has 33 heavy (non-hydrogen) atoms. The number of pyridine rings is 1. The molecule has 0 N–H and O–H groups in total. The summed E-state index contributed by atoms with van der Waals surface area (Å²) in [5, 5.41) is 10.8. The Morgan fingerprint density at radius 3 is 1.97 bits per heavy atom. The molecule has 0 radical (unpaired) electrons. The minimum Gasteiger partial charge on any atom is -0.260 e. The standard InChI is InChI=1S/C32H19N/c1-2-9-22(10-3-1)32(27-14-4-5-19-33-27)25-13-7-12-24-23-11-6-8-20-15-16-21-17-18-26(32)31(30(24)25)29(21)28(20)23/h1-19H. The lowest BCUT2D eigenvalue weighted by Gasteiger charge is -2.33. The summed E-state index contributed by atoms with van der Waals surface area (Å²) in [6.07, 6.45) is 1.93. The molecule has 7 aromatic rings. The predicted molar refractivity (Wildman–Crippen MR) is 137 cm³/mol. The predicted octanol–water partition coefficient (Wildman–Crippen LogP) is 7.83. The van der Waals surface area contributed by atoms with Crippen LogP contribution in [0.1, 0.15) is 22.4 Å². The molecule has 0 fully saturated rings. The molecule has 0 saturated heterocycles. The number of hydrogen-bond acceptors (Lipinski definition) is 1. The lowest BCUT2D eigenvalue weighted by Crippen LogP contribution is -2.29. The zero-order valence-electron chi connectivity index (χ0n) is 17.9. The van der Waals surface area contributed by atoms with Crippen molar-refractivity contribution in [2.75, 3.05) is 0 Å². The van der Waals surface area contributed by atoms with Gasteiger partial charge in [0, 0.05) is 6.20 Å². The third-order valence-electron chi connectivity index (χ3n) is 7.70. The maximum atomic E-state index is 4.98. The van der Waals surface area contributed by atoms with Crippen LogP contribution in [0, 0.1) is 0 Å². The molecule has 0 bridgehead atoms. The molecule has 1 atom stereocenters. The van der Waals surface area contributed by atoms with E-state index in [1.54, 1.807) is 0 Å². The lowest BCUT2D eigenvalue weighted by molar-refractivity contribution is 0.737. The van der Waals surface area contributed by atoms with Crippen molar-refractivity contribution in [3.63, 3.8) is 0 Å². The molecule has 1 nitrogen and oxygen atoms in total. The Labute approximate surface area is 191 Å². The fourth-order valence-electron chi connectivity index (χ4n) is 6.50. The van der Waals surface area contributed by atoms with Crippen molar-refractivity contribution < 1.29 is 0 Å². The van der Waals surface area contributed by atoms with Crippen LogP contribution in [0.5, 0.6) is 0 Å². The molecule has 6 aromatic carbocycles. The summed E-state index contributed by atoms with van der Waals surface area (Å²) in [6, 6.07) is 40.0. The van der Waals surface area contributed by atoms with Gasteiger partial charge in [-0.25, -0.2) is 0 Å². The molecule has 8 rings (SSSR count). The Morgan fingerprint density at radius 2 is 1.15 bits per heavy atom. The third-order valence-corrected chi connectivity index (χ3v) is 7.70. The Kier molecular flexibility index (Phi) is 3.13.